The minimum absolute atomic E-state index is 0.0712. The largest absolute Gasteiger partial charge is 0.395 e. The zero-order valence-corrected chi connectivity index (χ0v) is 12.5. The van der Waals surface area contributed by atoms with Gasteiger partial charge in [-0.15, -0.1) is 0 Å². The minimum Gasteiger partial charge on any atom is -0.395 e. The Hall–Kier alpha value is -0.640. The van der Waals surface area contributed by atoms with E-state index in [1.165, 1.54) is 6.07 Å². The van der Waals surface area contributed by atoms with Crippen molar-refractivity contribution in [1.82, 2.24) is 4.31 Å². The number of alkyl halides is 2. The molecule has 1 heterocycles. The van der Waals surface area contributed by atoms with E-state index < -0.39 is 52.3 Å². The van der Waals surface area contributed by atoms with Crippen LogP contribution in [0.1, 0.15) is 6.42 Å². The fourth-order valence-corrected chi connectivity index (χ4v) is 3.98. The van der Waals surface area contributed by atoms with Gasteiger partial charge in [-0.3, -0.25) is 0 Å². The summed E-state index contributed by atoms with van der Waals surface area (Å²) in [5.41, 5.74) is 0. The number of aliphatic hydroxyl groups excluding tert-OH is 1. The van der Waals surface area contributed by atoms with E-state index in [1.54, 1.807) is 0 Å². The third-order valence-corrected chi connectivity index (χ3v) is 5.57. The lowest BCUT2D eigenvalue weighted by atomic mass is 10.2. The molecule has 1 saturated heterocycles. The highest BCUT2D eigenvalue weighted by atomic mass is 79.9. The zero-order valence-electron chi connectivity index (χ0n) is 10.1. The van der Waals surface area contributed by atoms with Gasteiger partial charge < -0.3 is 5.11 Å². The Bertz CT molecular complexity index is 623. The molecular formula is C11H11BrF3NO3S. The molecule has 0 amide bonds. The molecule has 20 heavy (non-hydrogen) atoms. The van der Waals surface area contributed by atoms with E-state index >= 15 is 0 Å². The molecule has 1 aliphatic rings. The van der Waals surface area contributed by atoms with Crippen LogP contribution in [0.15, 0.2) is 27.6 Å². The SMILES string of the molecule is O=S(=O)(c1ccc(Br)c(F)c1)N1CC(F)(F)C[C@H]1CO. The highest BCUT2D eigenvalue weighted by molar-refractivity contribution is 9.10. The highest BCUT2D eigenvalue weighted by Gasteiger charge is 2.49. The van der Waals surface area contributed by atoms with Crippen molar-refractivity contribution in [1.29, 1.82) is 0 Å². The molecular weight excluding hydrogens is 363 g/mol. The lowest BCUT2D eigenvalue weighted by Gasteiger charge is -2.21. The van der Waals surface area contributed by atoms with Gasteiger partial charge in [-0.1, -0.05) is 0 Å². The summed E-state index contributed by atoms with van der Waals surface area (Å²) in [5, 5.41) is 9.06. The first-order valence-corrected chi connectivity index (χ1v) is 7.86. The van der Waals surface area contributed by atoms with Gasteiger partial charge in [0.1, 0.15) is 5.82 Å². The summed E-state index contributed by atoms with van der Waals surface area (Å²) in [7, 11) is -4.28. The second kappa shape index (κ2) is 5.28. The minimum atomic E-state index is -4.28. The standard InChI is InChI=1S/C11H11BrF3NO3S/c12-9-2-1-8(3-10(9)13)20(18,19)16-6-11(14,15)4-7(16)5-17/h1-3,7,17H,4-6H2/t7-/m0/s1. The second-order valence-corrected chi connectivity index (χ2v) is 7.27. The Balaban J connectivity index is 2.41. The summed E-state index contributed by atoms with van der Waals surface area (Å²) in [4.78, 5) is -0.422. The van der Waals surface area contributed by atoms with Crippen LogP contribution in [0.5, 0.6) is 0 Å². The number of nitrogens with zero attached hydrogens (tertiary/aromatic N) is 1. The number of aliphatic hydroxyl groups is 1. The molecule has 1 aromatic carbocycles. The smallest absolute Gasteiger partial charge is 0.263 e. The van der Waals surface area contributed by atoms with Crippen molar-refractivity contribution < 1.29 is 26.7 Å². The lowest BCUT2D eigenvalue weighted by molar-refractivity contribution is 0.0161. The van der Waals surface area contributed by atoms with E-state index in [9.17, 15) is 21.6 Å². The molecule has 0 aliphatic carbocycles. The van der Waals surface area contributed by atoms with E-state index in [0.29, 0.717) is 4.31 Å². The molecule has 9 heteroatoms. The number of hydrogen-bond acceptors (Lipinski definition) is 3. The molecule has 0 saturated carbocycles. The average molecular weight is 374 g/mol. The van der Waals surface area contributed by atoms with Gasteiger partial charge in [-0.05, 0) is 34.1 Å². The van der Waals surface area contributed by atoms with E-state index in [1.807, 2.05) is 0 Å². The van der Waals surface area contributed by atoms with Crippen LogP contribution >= 0.6 is 15.9 Å². The van der Waals surface area contributed by atoms with Gasteiger partial charge in [0.25, 0.3) is 5.92 Å². The first-order chi connectivity index (χ1) is 9.17. The van der Waals surface area contributed by atoms with Crippen LogP contribution in [0.3, 0.4) is 0 Å². The van der Waals surface area contributed by atoms with Crippen molar-refractivity contribution in [2.24, 2.45) is 0 Å². The van der Waals surface area contributed by atoms with Crippen molar-refractivity contribution >= 4 is 26.0 Å². The molecule has 1 fully saturated rings. The van der Waals surface area contributed by atoms with Crippen LogP contribution in [-0.4, -0.2) is 42.9 Å². The number of halogens is 4. The number of rotatable bonds is 3. The molecule has 1 atom stereocenters. The molecule has 0 radical (unpaired) electrons. The van der Waals surface area contributed by atoms with E-state index in [0.717, 1.165) is 12.1 Å². The molecule has 1 N–H and O–H groups in total. The summed E-state index contributed by atoms with van der Waals surface area (Å²) < 4.78 is 65.1. The van der Waals surface area contributed by atoms with Crippen molar-refractivity contribution in [3.05, 3.63) is 28.5 Å². The topological polar surface area (TPSA) is 57.6 Å². The maximum Gasteiger partial charge on any atom is 0.263 e. The summed E-state index contributed by atoms with van der Waals surface area (Å²) in [5.74, 6) is -4.01. The van der Waals surface area contributed by atoms with Crippen LogP contribution in [-0.2, 0) is 10.0 Å². The van der Waals surface area contributed by atoms with Gasteiger partial charge >= 0.3 is 0 Å². The molecule has 4 nitrogen and oxygen atoms in total. The molecule has 1 aliphatic heterocycles. The predicted octanol–water partition coefficient (Wildman–Crippen LogP) is 1.98. The van der Waals surface area contributed by atoms with Crippen LogP contribution in [0.2, 0.25) is 0 Å². The van der Waals surface area contributed by atoms with Gasteiger partial charge in [0.2, 0.25) is 10.0 Å². The third kappa shape index (κ3) is 2.85. The molecule has 0 aromatic heterocycles. The Labute approximate surface area is 122 Å². The number of sulfonamides is 1. The molecule has 2 rings (SSSR count). The summed E-state index contributed by atoms with van der Waals surface area (Å²) in [6.07, 6.45) is -0.748. The van der Waals surface area contributed by atoms with Gasteiger partial charge in [0.05, 0.1) is 28.6 Å². The predicted molar refractivity (Wildman–Crippen MR) is 68.4 cm³/mol. The Morgan fingerprint density at radius 1 is 1.45 bits per heavy atom. The average Bonchev–Trinajstić information content (AvgIpc) is 2.68. The van der Waals surface area contributed by atoms with Crippen LogP contribution in [0.4, 0.5) is 13.2 Å². The first kappa shape index (κ1) is 15.7. The van der Waals surface area contributed by atoms with Gasteiger partial charge in [0, 0.05) is 6.42 Å². The third-order valence-electron chi connectivity index (χ3n) is 3.04. The van der Waals surface area contributed by atoms with E-state index in [4.69, 9.17) is 5.11 Å². The van der Waals surface area contributed by atoms with Crippen LogP contribution in [0.25, 0.3) is 0 Å². The second-order valence-electron chi connectivity index (χ2n) is 4.52. The molecule has 0 bridgehead atoms. The summed E-state index contributed by atoms with van der Waals surface area (Å²) >= 11 is 2.88. The zero-order chi connectivity index (χ0) is 15.1. The maximum absolute atomic E-state index is 13.4. The molecule has 1 aromatic rings. The highest BCUT2D eigenvalue weighted by Crippen LogP contribution is 2.36. The maximum atomic E-state index is 13.4. The van der Waals surface area contributed by atoms with E-state index in [-0.39, 0.29) is 4.47 Å². The first-order valence-electron chi connectivity index (χ1n) is 5.63. The van der Waals surface area contributed by atoms with Crippen molar-refractivity contribution in [3.63, 3.8) is 0 Å². The Morgan fingerprint density at radius 3 is 2.65 bits per heavy atom. The van der Waals surface area contributed by atoms with Gasteiger partial charge in [-0.2, -0.15) is 4.31 Å². The van der Waals surface area contributed by atoms with Crippen molar-refractivity contribution in [2.75, 3.05) is 13.2 Å². The quantitative estimate of drug-likeness (QED) is 0.881. The fraction of sp³-hybridized carbons (Fsp3) is 0.455. The normalized spacial score (nSPS) is 23.1. The summed E-state index contributed by atoms with van der Waals surface area (Å²) in [6.45, 7) is -1.73. The van der Waals surface area contributed by atoms with Crippen molar-refractivity contribution in [2.45, 2.75) is 23.3 Å². The summed E-state index contributed by atoms with van der Waals surface area (Å²) in [6, 6.07) is 1.85. The van der Waals surface area contributed by atoms with Gasteiger partial charge in [0.15, 0.2) is 0 Å². The van der Waals surface area contributed by atoms with Crippen LogP contribution in [0, 0.1) is 5.82 Å². The van der Waals surface area contributed by atoms with E-state index in [2.05, 4.69) is 15.9 Å². The number of hydrogen-bond donors (Lipinski definition) is 1. The Morgan fingerprint density at radius 2 is 2.10 bits per heavy atom. The molecule has 0 unspecified atom stereocenters. The van der Waals surface area contributed by atoms with Crippen molar-refractivity contribution in [3.8, 4) is 0 Å². The lowest BCUT2D eigenvalue weighted by Crippen LogP contribution is -2.38. The molecule has 112 valence electrons. The fourth-order valence-electron chi connectivity index (χ4n) is 2.08. The van der Waals surface area contributed by atoms with Crippen LogP contribution < -0.4 is 0 Å². The Kier molecular flexibility index (Phi) is 4.16. The molecule has 0 spiro atoms. The van der Waals surface area contributed by atoms with Gasteiger partial charge in [-0.25, -0.2) is 21.6 Å². The monoisotopic (exact) mass is 373 g/mol. The number of benzene rings is 1.